The number of ether oxygens (including phenoxy) is 1. The highest BCUT2D eigenvalue weighted by Crippen LogP contribution is 2.45. The summed E-state index contributed by atoms with van der Waals surface area (Å²) in [6.07, 6.45) is 3.32. The number of likely N-dealkylation sites (N-methyl/N-ethyl adjacent to an activating group) is 1. The second kappa shape index (κ2) is 8.71. The van der Waals surface area contributed by atoms with E-state index in [0.717, 1.165) is 36.4 Å². The van der Waals surface area contributed by atoms with Gasteiger partial charge in [0.1, 0.15) is 11.3 Å². The molecule has 1 N–H and O–H groups in total. The molecule has 2 aromatic rings. The molecule has 1 heterocycles. The van der Waals surface area contributed by atoms with Crippen LogP contribution in [0.25, 0.3) is 0 Å². The fourth-order valence-electron chi connectivity index (χ4n) is 5.01. The van der Waals surface area contributed by atoms with Gasteiger partial charge in [-0.1, -0.05) is 44.0 Å². The number of nitrogens with one attached hydrogen (secondary N) is 1. The molecular formula is C25H31N3O3. The van der Waals surface area contributed by atoms with Crippen LogP contribution in [-0.4, -0.2) is 42.5 Å². The highest BCUT2D eigenvalue weighted by molar-refractivity contribution is 6.15. The van der Waals surface area contributed by atoms with E-state index in [1.807, 2.05) is 42.5 Å². The number of rotatable bonds is 6. The standard InChI is InChI=1S/C25H31N3O3/c1-4-27(18(2)19-10-9-11-20(16-19)31-3)17-23(29)28-22-13-6-5-12-21(22)26-24(30)25(28)14-7-8-15-25/h5-6,9-13,16,18H,4,7-8,14-15,17H2,1-3H3,(H,26,30). The number of nitrogens with zero attached hydrogens (tertiary/aromatic N) is 2. The zero-order chi connectivity index (χ0) is 22.0. The van der Waals surface area contributed by atoms with E-state index in [1.54, 1.807) is 12.0 Å². The Labute approximate surface area is 184 Å². The molecule has 1 aliphatic heterocycles. The van der Waals surface area contributed by atoms with Gasteiger partial charge in [0.25, 0.3) is 5.91 Å². The predicted molar refractivity (Wildman–Crippen MR) is 122 cm³/mol. The fourth-order valence-corrected chi connectivity index (χ4v) is 5.01. The lowest BCUT2D eigenvalue weighted by Gasteiger charge is -2.45. The van der Waals surface area contributed by atoms with Crippen LogP contribution in [-0.2, 0) is 9.59 Å². The highest BCUT2D eigenvalue weighted by atomic mass is 16.5. The van der Waals surface area contributed by atoms with Crippen molar-refractivity contribution in [1.82, 2.24) is 4.90 Å². The molecule has 1 saturated carbocycles. The molecule has 0 radical (unpaired) electrons. The van der Waals surface area contributed by atoms with Crippen LogP contribution in [0.4, 0.5) is 11.4 Å². The van der Waals surface area contributed by atoms with E-state index in [1.165, 1.54) is 0 Å². The minimum absolute atomic E-state index is 0.0270. The van der Waals surface area contributed by atoms with Gasteiger partial charge in [-0.05, 0) is 56.1 Å². The molecule has 1 aliphatic carbocycles. The first-order valence-corrected chi connectivity index (χ1v) is 11.1. The Hall–Kier alpha value is -2.86. The van der Waals surface area contributed by atoms with E-state index in [2.05, 4.69) is 30.1 Å². The summed E-state index contributed by atoms with van der Waals surface area (Å²) in [7, 11) is 1.66. The molecule has 1 fully saturated rings. The molecule has 4 rings (SSSR count). The summed E-state index contributed by atoms with van der Waals surface area (Å²) < 4.78 is 5.37. The molecular weight excluding hydrogens is 390 g/mol. The summed E-state index contributed by atoms with van der Waals surface area (Å²) >= 11 is 0. The SMILES string of the molecule is CCN(CC(=O)N1c2ccccc2NC(=O)C12CCCC2)C(C)c1cccc(OC)c1. The van der Waals surface area contributed by atoms with E-state index in [0.29, 0.717) is 18.5 Å². The van der Waals surface area contributed by atoms with Gasteiger partial charge < -0.3 is 10.1 Å². The minimum Gasteiger partial charge on any atom is -0.497 e. The van der Waals surface area contributed by atoms with Gasteiger partial charge in [0.15, 0.2) is 0 Å². The van der Waals surface area contributed by atoms with Gasteiger partial charge in [0.05, 0.1) is 25.0 Å². The van der Waals surface area contributed by atoms with E-state index in [4.69, 9.17) is 4.74 Å². The maximum absolute atomic E-state index is 13.8. The zero-order valence-electron chi connectivity index (χ0n) is 18.6. The van der Waals surface area contributed by atoms with Crippen LogP contribution in [0.1, 0.15) is 51.1 Å². The summed E-state index contributed by atoms with van der Waals surface area (Å²) in [5.41, 5.74) is 1.84. The largest absolute Gasteiger partial charge is 0.497 e. The number of benzene rings is 2. The molecule has 6 nitrogen and oxygen atoms in total. The quantitative estimate of drug-likeness (QED) is 0.752. The highest BCUT2D eigenvalue weighted by Gasteiger charge is 2.52. The molecule has 1 atom stereocenters. The number of carbonyl (C=O) groups excluding carboxylic acids is 2. The third-order valence-electron chi connectivity index (χ3n) is 6.79. The molecule has 164 valence electrons. The molecule has 2 aromatic carbocycles. The van der Waals surface area contributed by atoms with Gasteiger partial charge in [-0.15, -0.1) is 0 Å². The minimum atomic E-state index is -0.774. The second-order valence-corrected chi connectivity index (χ2v) is 8.45. The van der Waals surface area contributed by atoms with Crippen molar-refractivity contribution in [2.24, 2.45) is 0 Å². The summed E-state index contributed by atoms with van der Waals surface area (Å²) in [5, 5.41) is 3.05. The van der Waals surface area contributed by atoms with Crippen LogP contribution in [0.3, 0.4) is 0 Å². The summed E-state index contributed by atoms with van der Waals surface area (Å²) in [4.78, 5) is 30.9. The Balaban J connectivity index is 1.64. The molecule has 6 heteroatoms. The third kappa shape index (κ3) is 3.81. The number of para-hydroxylation sites is 2. The first kappa shape index (κ1) is 21.4. The number of methoxy groups -OCH3 is 1. The maximum atomic E-state index is 13.8. The molecule has 2 amide bonds. The summed E-state index contributed by atoms with van der Waals surface area (Å²) in [6.45, 7) is 5.14. The van der Waals surface area contributed by atoms with Gasteiger partial charge in [-0.3, -0.25) is 19.4 Å². The van der Waals surface area contributed by atoms with E-state index in [9.17, 15) is 9.59 Å². The normalized spacial score (nSPS) is 18.1. The first-order valence-electron chi connectivity index (χ1n) is 11.1. The zero-order valence-corrected chi connectivity index (χ0v) is 18.6. The number of hydrogen-bond donors (Lipinski definition) is 1. The Morgan fingerprint density at radius 3 is 2.65 bits per heavy atom. The Morgan fingerprint density at radius 1 is 1.19 bits per heavy atom. The van der Waals surface area contributed by atoms with Gasteiger partial charge >= 0.3 is 0 Å². The van der Waals surface area contributed by atoms with Crippen molar-refractivity contribution in [3.63, 3.8) is 0 Å². The monoisotopic (exact) mass is 421 g/mol. The molecule has 31 heavy (non-hydrogen) atoms. The summed E-state index contributed by atoms with van der Waals surface area (Å²) in [5.74, 6) is 0.722. The van der Waals surface area contributed by atoms with Crippen molar-refractivity contribution < 1.29 is 14.3 Å². The lowest BCUT2D eigenvalue weighted by atomic mass is 9.89. The van der Waals surface area contributed by atoms with Crippen LogP contribution in [0.15, 0.2) is 48.5 Å². The average molecular weight is 422 g/mol. The van der Waals surface area contributed by atoms with Crippen molar-refractivity contribution in [2.75, 3.05) is 30.4 Å². The molecule has 1 unspecified atom stereocenters. The van der Waals surface area contributed by atoms with Crippen LogP contribution in [0.2, 0.25) is 0 Å². The lowest BCUT2D eigenvalue weighted by molar-refractivity contribution is -0.128. The summed E-state index contributed by atoms with van der Waals surface area (Å²) in [6, 6.07) is 15.6. The van der Waals surface area contributed by atoms with Crippen molar-refractivity contribution >= 4 is 23.2 Å². The van der Waals surface area contributed by atoms with Crippen LogP contribution < -0.4 is 15.0 Å². The molecule has 2 aliphatic rings. The molecule has 0 bridgehead atoms. The van der Waals surface area contributed by atoms with E-state index < -0.39 is 5.54 Å². The number of anilines is 2. The maximum Gasteiger partial charge on any atom is 0.250 e. The van der Waals surface area contributed by atoms with Crippen LogP contribution in [0, 0.1) is 0 Å². The van der Waals surface area contributed by atoms with Gasteiger partial charge in [0, 0.05) is 6.04 Å². The molecule has 0 saturated heterocycles. The topological polar surface area (TPSA) is 61.9 Å². The van der Waals surface area contributed by atoms with Crippen LogP contribution in [0.5, 0.6) is 5.75 Å². The van der Waals surface area contributed by atoms with Crippen molar-refractivity contribution in [3.8, 4) is 5.75 Å². The average Bonchev–Trinajstić information content (AvgIpc) is 3.28. The Bertz CT molecular complexity index is 968. The first-order chi connectivity index (χ1) is 15.0. The van der Waals surface area contributed by atoms with Gasteiger partial charge in [-0.2, -0.15) is 0 Å². The lowest BCUT2D eigenvalue weighted by Crippen LogP contribution is -2.62. The van der Waals surface area contributed by atoms with Crippen molar-refractivity contribution in [3.05, 3.63) is 54.1 Å². The Kier molecular flexibility index (Phi) is 6.01. The predicted octanol–water partition coefficient (Wildman–Crippen LogP) is 4.38. The molecule has 1 spiro atoms. The van der Waals surface area contributed by atoms with Gasteiger partial charge in [0.2, 0.25) is 5.91 Å². The molecule has 0 aromatic heterocycles. The number of amides is 2. The van der Waals surface area contributed by atoms with E-state index >= 15 is 0 Å². The smallest absolute Gasteiger partial charge is 0.250 e. The van der Waals surface area contributed by atoms with E-state index in [-0.39, 0.29) is 24.4 Å². The number of carbonyl (C=O) groups is 2. The van der Waals surface area contributed by atoms with Crippen LogP contribution >= 0.6 is 0 Å². The Morgan fingerprint density at radius 2 is 1.94 bits per heavy atom. The van der Waals surface area contributed by atoms with Crippen molar-refractivity contribution in [1.29, 1.82) is 0 Å². The van der Waals surface area contributed by atoms with Crippen molar-refractivity contribution in [2.45, 2.75) is 51.1 Å². The third-order valence-corrected chi connectivity index (χ3v) is 6.79. The number of hydrogen-bond acceptors (Lipinski definition) is 4. The second-order valence-electron chi connectivity index (χ2n) is 8.45. The number of fused-ring (bicyclic) bond motifs is 1. The fraction of sp³-hybridized carbons (Fsp3) is 0.440. The van der Waals surface area contributed by atoms with Gasteiger partial charge in [-0.25, -0.2) is 0 Å².